The van der Waals surface area contributed by atoms with Crippen molar-refractivity contribution in [2.45, 2.75) is 25.7 Å². The summed E-state index contributed by atoms with van der Waals surface area (Å²) < 4.78 is 36.2. The Kier molecular flexibility index (Phi) is 7.34. The van der Waals surface area contributed by atoms with Crippen LogP contribution in [0.5, 0.6) is 0 Å². The fourth-order valence-corrected chi connectivity index (χ4v) is 3.13. The highest BCUT2D eigenvalue weighted by Crippen LogP contribution is 2.25. The topological polar surface area (TPSA) is 93.7 Å². The molecule has 2 N–H and O–H groups in total. The van der Waals surface area contributed by atoms with Crippen molar-refractivity contribution in [2.24, 2.45) is 5.92 Å². The molecule has 0 aromatic heterocycles. The van der Waals surface area contributed by atoms with Crippen molar-refractivity contribution in [1.29, 1.82) is 0 Å². The minimum absolute atomic E-state index is 0.0392. The summed E-state index contributed by atoms with van der Waals surface area (Å²) in [5.74, 6) is -1.80. The second-order valence-corrected chi connectivity index (χ2v) is 7.64. The monoisotopic (exact) mass is 358 g/mol. The Morgan fingerprint density at radius 1 is 1.17 bits per heavy atom. The van der Waals surface area contributed by atoms with Crippen LogP contribution >= 0.6 is 0 Å². The lowest BCUT2D eigenvalue weighted by molar-refractivity contribution is -0.212. The Morgan fingerprint density at radius 2 is 1.71 bits per heavy atom. The Morgan fingerprint density at radius 3 is 2.12 bits per heavy atom. The molecule has 0 bridgehead atoms. The summed E-state index contributed by atoms with van der Waals surface area (Å²) >= 11 is 0. The zero-order valence-corrected chi connectivity index (χ0v) is 15.5. The molecule has 24 heavy (non-hydrogen) atoms. The first-order chi connectivity index (χ1) is 11.1. The molecule has 1 rings (SSSR count). The summed E-state index contributed by atoms with van der Waals surface area (Å²) in [6.07, 6.45) is 1.02. The van der Waals surface area contributed by atoms with E-state index in [0.717, 1.165) is 11.8 Å². The smallest absolute Gasteiger partial charge is 0.238 e. The zero-order chi connectivity index (χ0) is 18.4. The van der Waals surface area contributed by atoms with Crippen LogP contribution in [-0.4, -0.2) is 47.4 Å². The van der Waals surface area contributed by atoms with Gasteiger partial charge in [-0.2, -0.15) is 0 Å². The first-order valence-electron chi connectivity index (χ1n) is 7.56. The summed E-state index contributed by atoms with van der Waals surface area (Å²) in [6, 6.07) is 8.32. The molecule has 0 spiro atoms. The predicted octanol–water partition coefficient (Wildman–Crippen LogP) is 0.822. The molecule has 0 fully saturated rings. The van der Waals surface area contributed by atoms with E-state index in [9.17, 15) is 13.2 Å². The molecule has 0 aliphatic rings. The standard InChI is InChI=1S/C16H26N2O5S/c1-12(2)14(18-24(5,20)21)15(19)17-11-16(22-3,23-4)13-9-7-6-8-10-13/h6-10,12,14,18H,11H2,1-5H3,(H,17,19). The number of nitrogens with one attached hydrogen (secondary N) is 2. The van der Waals surface area contributed by atoms with Gasteiger partial charge in [0.05, 0.1) is 12.8 Å². The van der Waals surface area contributed by atoms with Crippen molar-refractivity contribution >= 4 is 15.9 Å². The number of rotatable bonds is 9. The zero-order valence-electron chi connectivity index (χ0n) is 14.7. The molecule has 1 aromatic rings. The lowest BCUT2D eigenvalue weighted by Gasteiger charge is -2.32. The van der Waals surface area contributed by atoms with Crippen molar-refractivity contribution in [3.05, 3.63) is 35.9 Å². The number of sulfonamides is 1. The maximum absolute atomic E-state index is 12.4. The summed E-state index contributed by atoms with van der Waals surface area (Å²) in [7, 11) is -0.537. The highest BCUT2D eigenvalue weighted by molar-refractivity contribution is 7.88. The molecule has 8 heteroatoms. The van der Waals surface area contributed by atoms with Crippen LogP contribution in [0.25, 0.3) is 0 Å². The first kappa shape index (κ1) is 20.6. The highest BCUT2D eigenvalue weighted by atomic mass is 32.2. The molecular formula is C16H26N2O5S. The van der Waals surface area contributed by atoms with Crippen molar-refractivity contribution in [3.63, 3.8) is 0 Å². The average Bonchev–Trinajstić information content (AvgIpc) is 2.54. The van der Waals surface area contributed by atoms with Crippen LogP contribution in [0.2, 0.25) is 0 Å². The van der Waals surface area contributed by atoms with Crippen LogP contribution < -0.4 is 10.0 Å². The molecule has 0 saturated carbocycles. The molecular weight excluding hydrogens is 332 g/mol. The molecule has 136 valence electrons. The van der Waals surface area contributed by atoms with E-state index in [1.165, 1.54) is 14.2 Å². The Labute approximate surface area is 143 Å². The number of hydrogen-bond donors (Lipinski definition) is 2. The van der Waals surface area contributed by atoms with Crippen LogP contribution in [0.1, 0.15) is 19.4 Å². The van der Waals surface area contributed by atoms with Crippen molar-refractivity contribution < 1.29 is 22.7 Å². The third-order valence-electron chi connectivity index (χ3n) is 3.66. The van der Waals surface area contributed by atoms with Crippen LogP contribution in [0, 0.1) is 5.92 Å². The van der Waals surface area contributed by atoms with Gasteiger partial charge in [0.15, 0.2) is 0 Å². The fraction of sp³-hybridized carbons (Fsp3) is 0.562. The van der Waals surface area contributed by atoms with E-state index < -0.39 is 27.8 Å². The average molecular weight is 358 g/mol. The van der Waals surface area contributed by atoms with Gasteiger partial charge >= 0.3 is 0 Å². The van der Waals surface area contributed by atoms with Gasteiger partial charge in [0.2, 0.25) is 21.7 Å². The largest absolute Gasteiger partial charge is 0.349 e. The van der Waals surface area contributed by atoms with Gasteiger partial charge in [-0.1, -0.05) is 44.2 Å². The number of carbonyl (C=O) groups excluding carboxylic acids is 1. The third-order valence-corrected chi connectivity index (χ3v) is 4.34. The summed E-state index contributed by atoms with van der Waals surface area (Å²) in [6.45, 7) is 3.57. The van der Waals surface area contributed by atoms with Gasteiger partial charge in [0.25, 0.3) is 0 Å². The van der Waals surface area contributed by atoms with Gasteiger partial charge in [-0.15, -0.1) is 0 Å². The van der Waals surface area contributed by atoms with E-state index >= 15 is 0 Å². The van der Waals surface area contributed by atoms with Gasteiger partial charge in [0, 0.05) is 19.8 Å². The molecule has 0 aliphatic heterocycles. The van der Waals surface area contributed by atoms with Crippen LogP contribution in [0.4, 0.5) is 0 Å². The van der Waals surface area contributed by atoms with E-state index in [0.29, 0.717) is 0 Å². The van der Waals surface area contributed by atoms with Crippen LogP contribution in [0.3, 0.4) is 0 Å². The van der Waals surface area contributed by atoms with E-state index in [1.807, 2.05) is 30.3 Å². The third kappa shape index (κ3) is 5.55. The van der Waals surface area contributed by atoms with E-state index in [2.05, 4.69) is 10.0 Å². The van der Waals surface area contributed by atoms with E-state index in [1.54, 1.807) is 13.8 Å². The Balaban J connectivity index is 2.91. The summed E-state index contributed by atoms with van der Waals surface area (Å²) in [5, 5.41) is 2.71. The number of benzene rings is 1. The maximum atomic E-state index is 12.4. The van der Waals surface area contributed by atoms with Gasteiger partial charge in [-0.3, -0.25) is 4.79 Å². The van der Waals surface area contributed by atoms with Gasteiger partial charge < -0.3 is 14.8 Å². The van der Waals surface area contributed by atoms with Crippen LogP contribution in [0.15, 0.2) is 30.3 Å². The first-order valence-corrected chi connectivity index (χ1v) is 9.45. The number of hydrogen-bond acceptors (Lipinski definition) is 5. The quantitative estimate of drug-likeness (QED) is 0.638. The molecule has 0 heterocycles. The minimum Gasteiger partial charge on any atom is -0.349 e. The SMILES string of the molecule is COC(CNC(=O)C(NS(C)(=O)=O)C(C)C)(OC)c1ccccc1. The molecule has 1 unspecified atom stereocenters. The number of methoxy groups -OCH3 is 2. The molecule has 0 radical (unpaired) electrons. The molecule has 1 aromatic carbocycles. The van der Waals surface area contributed by atoms with Crippen LogP contribution in [-0.2, 0) is 30.1 Å². The molecule has 7 nitrogen and oxygen atoms in total. The van der Waals surface area contributed by atoms with Crippen molar-refractivity contribution in [1.82, 2.24) is 10.0 Å². The number of carbonyl (C=O) groups is 1. The molecule has 1 amide bonds. The highest BCUT2D eigenvalue weighted by Gasteiger charge is 2.34. The predicted molar refractivity (Wildman–Crippen MR) is 91.8 cm³/mol. The number of ether oxygens (including phenoxy) is 2. The fourth-order valence-electron chi connectivity index (χ4n) is 2.29. The van der Waals surface area contributed by atoms with Gasteiger partial charge in [0.1, 0.15) is 6.04 Å². The normalized spacial score (nSPS) is 13.8. The molecule has 0 aliphatic carbocycles. The van der Waals surface area contributed by atoms with E-state index in [-0.39, 0.29) is 12.5 Å². The lowest BCUT2D eigenvalue weighted by Crippen LogP contribution is -2.52. The van der Waals surface area contributed by atoms with Gasteiger partial charge in [-0.05, 0) is 5.92 Å². The second kappa shape index (κ2) is 8.57. The molecule has 1 atom stereocenters. The second-order valence-electron chi connectivity index (χ2n) is 5.86. The number of amides is 1. The lowest BCUT2D eigenvalue weighted by atomic mass is 10.0. The Hall–Kier alpha value is -1.48. The summed E-state index contributed by atoms with van der Waals surface area (Å²) in [4.78, 5) is 12.4. The maximum Gasteiger partial charge on any atom is 0.238 e. The van der Waals surface area contributed by atoms with Gasteiger partial charge in [-0.25, -0.2) is 13.1 Å². The van der Waals surface area contributed by atoms with Crippen molar-refractivity contribution in [2.75, 3.05) is 27.0 Å². The van der Waals surface area contributed by atoms with E-state index in [4.69, 9.17) is 9.47 Å². The minimum atomic E-state index is -3.50. The summed E-state index contributed by atoms with van der Waals surface area (Å²) in [5.41, 5.74) is 0.743. The van der Waals surface area contributed by atoms with Crippen molar-refractivity contribution in [3.8, 4) is 0 Å². The Bertz CT molecular complexity index is 627. The molecule has 0 saturated heterocycles.